The van der Waals surface area contributed by atoms with Crippen molar-refractivity contribution in [1.82, 2.24) is 14.8 Å². The lowest BCUT2D eigenvalue weighted by atomic mass is 10.1. The van der Waals surface area contributed by atoms with Crippen LogP contribution in [0.1, 0.15) is 39.8 Å². The van der Waals surface area contributed by atoms with Crippen molar-refractivity contribution < 1.29 is 19.1 Å². The highest BCUT2D eigenvalue weighted by Gasteiger charge is 2.39. The molecule has 2 aromatic rings. The third-order valence-electron chi connectivity index (χ3n) is 5.20. The van der Waals surface area contributed by atoms with Crippen LogP contribution in [0.2, 0.25) is 0 Å². The van der Waals surface area contributed by atoms with Crippen molar-refractivity contribution in [2.45, 2.75) is 37.1 Å². The number of hydrogen-bond donors (Lipinski definition) is 2. The van der Waals surface area contributed by atoms with Crippen LogP contribution in [0.3, 0.4) is 0 Å². The lowest BCUT2D eigenvalue weighted by Crippen LogP contribution is -2.51. The minimum atomic E-state index is -0.877. The van der Waals surface area contributed by atoms with Crippen LogP contribution in [0, 0.1) is 5.82 Å². The van der Waals surface area contributed by atoms with Crippen molar-refractivity contribution in [1.29, 1.82) is 0 Å². The van der Waals surface area contributed by atoms with Crippen molar-refractivity contribution in [3.8, 4) is 5.75 Å². The smallest absolute Gasteiger partial charge is 0.275 e. The molecule has 0 saturated carbocycles. The number of pyridine rings is 1. The van der Waals surface area contributed by atoms with E-state index in [1.54, 1.807) is 16.7 Å². The number of nitrogens with one attached hydrogen (secondary N) is 1. The molecule has 4 rings (SSSR count). The molecule has 3 heterocycles. The SMILES string of the molecule is CC1CCN2C(=O)c3c(O)c(=O)c(C(=O)NCc4ccc(F)cc4)cn3CC2S1. The van der Waals surface area contributed by atoms with Crippen molar-refractivity contribution >= 4 is 23.6 Å². The molecule has 2 atom stereocenters. The molecule has 1 aromatic carbocycles. The Hall–Kier alpha value is -2.81. The number of amides is 2. The zero-order chi connectivity index (χ0) is 20.7. The normalized spacial score (nSPS) is 20.8. The van der Waals surface area contributed by atoms with E-state index in [-0.39, 0.29) is 29.0 Å². The molecular formula is C20H20FN3O4S. The Labute approximate surface area is 170 Å². The van der Waals surface area contributed by atoms with Gasteiger partial charge in [0.2, 0.25) is 5.43 Å². The lowest BCUT2D eigenvalue weighted by Gasteiger charge is -2.42. The molecule has 0 radical (unpaired) electrons. The maximum absolute atomic E-state index is 13.0. The van der Waals surface area contributed by atoms with Gasteiger partial charge in [-0.3, -0.25) is 14.4 Å². The summed E-state index contributed by atoms with van der Waals surface area (Å²) in [6.45, 7) is 3.16. The summed E-state index contributed by atoms with van der Waals surface area (Å²) in [7, 11) is 0. The summed E-state index contributed by atoms with van der Waals surface area (Å²) >= 11 is 1.66. The number of thioether (sulfide) groups is 1. The van der Waals surface area contributed by atoms with E-state index in [1.807, 2.05) is 0 Å². The molecule has 0 spiro atoms. The second kappa shape index (κ2) is 7.55. The van der Waals surface area contributed by atoms with Crippen molar-refractivity contribution in [2.75, 3.05) is 6.54 Å². The largest absolute Gasteiger partial charge is 0.503 e. The highest BCUT2D eigenvalue weighted by Crippen LogP contribution is 2.35. The number of halogens is 1. The number of aromatic hydroxyl groups is 1. The van der Waals surface area contributed by atoms with E-state index >= 15 is 0 Å². The molecule has 2 unspecified atom stereocenters. The number of carbonyl (C=O) groups is 2. The summed E-state index contributed by atoms with van der Waals surface area (Å²) in [5.74, 6) is -2.14. The van der Waals surface area contributed by atoms with Crippen LogP contribution in [0.5, 0.6) is 5.75 Å². The summed E-state index contributed by atoms with van der Waals surface area (Å²) in [4.78, 5) is 39.6. The van der Waals surface area contributed by atoms with E-state index in [9.17, 15) is 23.9 Å². The van der Waals surface area contributed by atoms with Gasteiger partial charge in [-0.05, 0) is 24.1 Å². The Morgan fingerprint density at radius 3 is 2.76 bits per heavy atom. The standard InChI is InChI=1S/C20H20FN3O4S/c1-11-6-7-24-15(29-11)10-23-9-14(17(25)18(26)16(23)20(24)28)19(27)22-8-12-2-4-13(21)5-3-12/h2-5,9,11,15,26H,6-8,10H2,1H3,(H,22,27). The van der Waals surface area contributed by atoms with Gasteiger partial charge < -0.3 is 19.9 Å². The third-order valence-corrected chi connectivity index (χ3v) is 6.62. The molecule has 7 nitrogen and oxygen atoms in total. The number of nitrogens with zero attached hydrogens (tertiary/aromatic N) is 2. The molecule has 2 N–H and O–H groups in total. The number of rotatable bonds is 3. The molecule has 1 fully saturated rings. The molecule has 0 aliphatic carbocycles. The monoisotopic (exact) mass is 417 g/mol. The van der Waals surface area contributed by atoms with Gasteiger partial charge in [0.1, 0.15) is 11.4 Å². The van der Waals surface area contributed by atoms with Crippen LogP contribution in [0.15, 0.2) is 35.3 Å². The Morgan fingerprint density at radius 1 is 1.31 bits per heavy atom. The van der Waals surface area contributed by atoms with E-state index in [0.717, 1.165) is 6.42 Å². The van der Waals surface area contributed by atoms with E-state index < -0.39 is 23.0 Å². The van der Waals surface area contributed by atoms with Gasteiger partial charge in [-0.2, -0.15) is 0 Å². The Morgan fingerprint density at radius 2 is 2.03 bits per heavy atom. The zero-order valence-electron chi connectivity index (χ0n) is 15.7. The molecule has 0 bridgehead atoms. The van der Waals surface area contributed by atoms with Crippen LogP contribution in [-0.2, 0) is 13.1 Å². The van der Waals surface area contributed by atoms with Crippen molar-refractivity contribution in [3.05, 3.63) is 63.3 Å². The van der Waals surface area contributed by atoms with Gasteiger partial charge in [0.25, 0.3) is 11.8 Å². The Balaban J connectivity index is 1.61. The zero-order valence-corrected chi connectivity index (χ0v) is 16.5. The van der Waals surface area contributed by atoms with E-state index in [0.29, 0.717) is 23.9 Å². The summed E-state index contributed by atoms with van der Waals surface area (Å²) in [5.41, 5.74) is -0.516. The van der Waals surface area contributed by atoms with Gasteiger partial charge >= 0.3 is 0 Å². The molecule has 1 saturated heterocycles. The number of hydrogen-bond acceptors (Lipinski definition) is 5. The average Bonchev–Trinajstić information content (AvgIpc) is 2.69. The predicted octanol–water partition coefficient (Wildman–Crippen LogP) is 1.93. The second-order valence-corrected chi connectivity index (χ2v) is 8.84. The maximum Gasteiger partial charge on any atom is 0.275 e. The average molecular weight is 417 g/mol. The number of fused-ring (bicyclic) bond motifs is 2. The molecule has 9 heteroatoms. The first-order valence-electron chi connectivity index (χ1n) is 9.30. The highest BCUT2D eigenvalue weighted by molar-refractivity contribution is 8.00. The number of carbonyl (C=O) groups excluding carboxylic acids is 2. The van der Waals surface area contributed by atoms with Crippen molar-refractivity contribution in [3.63, 3.8) is 0 Å². The van der Waals surface area contributed by atoms with Crippen LogP contribution in [0.25, 0.3) is 0 Å². The first-order chi connectivity index (χ1) is 13.8. The van der Waals surface area contributed by atoms with Crippen LogP contribution >= 0.6 is 11.8 Å². The molecule has 1 aromatic heterocycles. The minimum absolute atomic E-state index is 0.0727. The Bertz CT molecular complexity index is 1040. The predicted molar refractivity (Wildman–Crippen MR) is 106 cm³/mol. The van der Waals surface area contributed by atoms with Gasteiger partial charge in [0.05, 0.1) is 11.9 Å². The fourth-order valence-corrected chi connectivity index (χ4v) is 4.99. The Kier molecular flexibility index (Phi) is 5.08. The van der Waals surface area contributed by atoms with Crippen molar-refractivity contribution in [2.24, 2.45) is 0 Å². The second-order valence-electron chi connectivity index (χ2n) is 7.22. The molecule has 2 amide bonds. The first kappa shape index (κ1) is 19.5. The van der Waals surface area contributed by atoms with Crippen LogP contribution in [-0.4, -0.2) is 43.6 Å². The molecule has 2 aliphatic heterocycles. The summed E-state index contributed by atoms with van der Waals surface area (Å²) in [6, 6.07) is 5.62. The molecule has 29 heavy (non-hydrogen) atoms. The topological polar surface area (TPSA) is 91.6 Å². The summed E-state index contributed by atoms with van der Waals surface area (Å²) < 4.78 is 14.5. The number of benzene rings is 1. The molecule has 2 aliphatic rings. The summed E-state index contributed by atoms with van der Waals surface area (Å²) in [6.07, 6.45) is 2.19. The number of aromatic nitrogens is 1. The fourth-order valence-electron chi connectivity index (χ4n) is 3.61. The third kappa shape index (κ3) is 3.62. The highest BCUT2D eigenvalue weighted by atomic mass is 32.2. The van der Waals surface area contributed by atoms with Gasteiger partial charge in [-0.25, -0.2) is 4.39 Å². The molecular weight excluding hydrogens is 397 g/mol. The van der Waals surface area contributed by atoms with Gasteiger partial charge in [0.15, 0.2) is 11.4 Å². The van der Waals surface area contributed by atoms with E-state index in [4.69, 9.17) is 0 Å². The van der Waals surface area contributed by atoms with E-state index in [2.05, 4.69) is 12.2 Å². The first-order valence-corrected chi connectivity index (χ1v) is 10.2. The fraction of sp³-hybridized carbons (Fsp3) is 0.350. The summed E-state index contributed by atoms with van der Waals surface area (Å²) in [5, 5.41) is 13.3. The maximum atomic E-state index is 13.0. The van der Waals surface area contributed by atoms with E-state index in [1.165, 1.54) is 35.0 Å². The van der Waals surface area contributed by atoms with Gasteiger partial charge in [0, 0.05) is 24.5 Å². The lowest BCUT2D eigenvalue weighted by molar-refractivity contribution is 0.0655. The van der Waals surface area contributed by atoms with Crippen LogP contribution < -0.4 is 10.7 Å². The molecule has 152 valence electrons. The van der Waals surface area contributed by atoms with Gasteiger partial charge in [-0.15, -0.1) is 11.8 Å². The van der Waals surface area contributed by atoms with Gasteiger partial charge in [-0.1, -0.05) is 19.1 Å². The van der Waals surface area contributed by atoms with Crippen LogP contribution in [0.4, 0.5) is 4.39 Å². The minimum Gasteiger partial charge on any atom is -0.503 e. The quantitative estimate of drug-likeness (QED) is 0.796.